The van der Waals surface area contributed by atoms with Crippen LogP contribution in [0.5, 0.6) is 0 Å². The maximum Gasteiger partial charge on any atom is 0.191 e. The number of hydrogen-bond donors (Lipinski definition) is 3. The van der Waals surface area contributed by atoms with Gasteiger partial charge in [0.2, 0.25) is 0 Å². The van der Waals surface area contributed by atoms with E-state index in [9.17, 15) is 0 Å². The number of fused-ring (bicyclic) bond motifs is 1. The van der Waals surface area contributed by atoms with Gasteiger partial charge in [-0.15, -0.1) is 0 Å². The predicted octanol–water partition coefficient (Wildman–Crippen LogP) is 2.37. The lowest BCUT2D eigenvalue weighted by molar-refractivity contribution is 0.666. The van der Waals surface area contributed by atoms with Crippen LogP contribution in [0.1, 0.15) is 0 Å². The molecule has 0 atom stereocenters. The van der Waals surface area contributed by atoms with Crippen molar-refractivity contribution >= 4 is 32.6 Å². The summed E-state index contributed by atoms with van der Waals surface area (Å²) in [6.45, 7) is 3.31. The minimum absolute atomic E-state index is 0.777. The van der Waals surface area contributed by atoms with Crippen LogP contribution in [-0.2, 0) is 6.54 Å². The number of aromatic nitrogens is 2. The third kappa shape index (κ3) is 4.48. The molecule has 3 N–H and O–H groups in total. The van der Waals surface area contributed by atoms with Crippen molar-refractivity contribution in [3.63, 3.8) is 0 Å². The van der Waals surface area contributed by atoms with Crippen molar-refractivity contribution in [3.8, 4) is 0 Å². The summed E-state index contributed by atoms with van der Waals surface area (Å²) in [4.78, 5) is 8.79. The largest absolute Gasteiger partial charge is 0.360 e. The summed E-state index contributed by atoms with van der Waals surface area (Å²) in [5.41, 5.74) is 1.04. The summed E-state index contributed by atoms with van der Waals surface area (Å²) >= 11 is 1.68. The first-order valence-electron chi connectivity index (χ1n) is 8.00. The van der Waals surface area contributed by atoms with Crippen LogP contribution in [0.4, 0.5) is 5.13 Å². The van der Waals surface area contributed by atoms with Crippen molar-refractivity contribution in [2.75, 3.05) is 32.0 Å². The topological polar surface area (TPSA) is 66.3 Å². The van der Waals surface area contributed by atoms with Gasteiger partial charge in [-0.2, -0.15) is 0 Å². The summed E-state index contributed by atoms with van der Waals surface area (Å²) in [6, 6.07) is 12.2. The first-order chi connectivity index (χ1) is 11.8. The van der Waals surface area contributed by atoms with E-state index in [1.54, 1.807) is 18.4 Å². The van der Waals surface area contributed by atoms with Gasteiger partial charge < -0.3 is 20.5 Å². The third-order valence-corrected chi connectivity index (χ3v) is 4.53. The Bertz CT molecular complexity index is 744. The molecule has 0 aliphatic heterocycles. The normalized spacial score (nSPS) is 11.6. The summed E-state index contributed by atoms with van der Waals surface area (Å²) in [5.74, 6) is 0.813. The number of rotatable bonds is 7. The second kappa shape index (κ2) is 8.35. The molecule has 0 amide bonds. The van der Waals surface area contributed by atoms with E-state index in [-0.39, 0.29) is 0 Å². The number of hydrogen-bond acceptors (Lipinski definition) is 4. The molecule has 1 aromatic carbocycles. The minimum atomic E-state index is 0.777. The molecule has 24 heavy (non-hydrogen) atoms. The van der Waals surface area contributed by atoms with Gasteiger partial charge >= 0.3 is 0 Å². The van der Waals surface area contributed by atoms with Crippen LogP contribution in [0.15, 0.2) is 53.8 Å². The Morgan fingerprint density at radius 2 is 1.88 bits per heavy atom. The van der Waals surface area contributed by atoms with Crippen LogP contribution < -0.4 is 16.0 Å². The molecule has 0 radical (unpaired) electrons. The van der Waals surface area contributed by atoms with E-state index in [4.69, 9.17) is 0 Å². The third-order valence-electron chi connectivity index (χ3n) is 3.54. The average Bonchev–Trinajstić information content (AvgIpc) is 3.25. The molecule has 0 saturated carbocycles. The number of nitrogens with zero attached hydrogens (tertiary/aromatic N) is 3. The van der Waals surface area contributed by atoms with E-state index in [1.165, 1.54) is 4.70 Å². The fourth-order valence-corrected chi connectivity index (χ4v) is 3.23. The van der Waals surface area contributed by atoms with Crippen molar-refractivity contribution < 1.29 is 0 Å². The fourth-order valence-electron chi connectivity index (χ4n) is 2.34. The highest BCUT2D eigenvalue weighted by atomic mass is 32.1. The zero-order valence-corrected chi connectivity index (χ0v) is 14.5. The van der Waals surface area contributed by atoms with Crippen LogP contribution >= 0.6 is 11.3 Å². The molecular weight excluding hydrogens is 320 g/mol. The summed E-state index contributed by atoms with van der Waals surface area (Å²) in [7, 11) is 1.78. The molecular formula is C17H22N6S. The van der Waals surface area contributed by atoms with Gasteiger partial charge in [-0.05, 0) is 24.3 Å². The fraction of sp³-hybridized carbons (Fsp3) is 0.294. The van der Waals surface area contributed by atoms with Crippen molar-refractivity contribution in [3.05, 3.63) is 48.8 Å². The summed E-state index contributed by atoms with van der Waals surface area (Å²) < 4.78 is 3.34. The van der Waals surface area contributed by atoms with Crippen molar-refractivity contribution in [1.82, 2.24) is 20.2 Å². The molecule has 7 heteroatoms. The first kappa shape index (κ1) is 16.3. The van der Waals surface area contributed by atoms with Gasteiger partial charge in [0.05, 0.1) is 10.2 Å². The number of thiazole rings is 1. The lowest BCUT2D eigenvalue weighted by Gasteiger charge is -2.12. The standard InChI is InChI=1S/C17H22N6S/c1-18-16(20-10-13-23-11-4-5-12-23)19-8-9-21-17-22-14-6-2-3-7-15(14)24-17/h2-7,11-12H,8-10,13H2,1H3,(H,21,22)(H2,18,19,20). The minimum Gasteiger partial charge on any atom is -0.360 e. The summed E-state index contributed by atoms with van der Waals surface area (Å²) in [6.07, 6.45) is 4.11. The monoisotopic (exact) mass is 342 g/mol. The Labute approximate surface area is 145 Å². The lowest BCUT2D eigenvalue weighted by Crippen LogP contribution is -2.40. The van der Waals surface area contributed by atoms with Gasteiger partial charge in [-0.25, -0.2) is 4.98 Å². The molecule has 3 aromatic rings. The molecule has 0 aliphatic carbocycles. The Hall–Kier alpha value is -2.54. The van der Waals surface area contributed by atoms with Gasteiger partial charge in [0.25, 0.3) is 0 Å². The highest BCUT2D eigenvalue weighted by Gasteiger charge is 2.02. The number of para-hydroxylation sites is 1. The number of aliphatic imine (C=N–C) groups is 1. The molecule has 0 saturated heterocycles. The second-order valence-electron chi connectivity index (χ2n) is 5.26. The Kier molecular flexibility index (Phi) is 5.68. The van der Waals surface area contributed by atoms with E-state index >= 15 is 0 Å². The predicted molar refractivity (Wildman–Crippen MR) is 102 cm³/mol. The van der Waals surface area contributed by atoms with Gasteiger partial charge in [-0.3, -0.25) is 4.99 Å². The SMILES string of the molecule is CN=C(NCCNc1nc2ccccc2s1)NCCn1cccc1. The van der Waals surface area contributed by atoms with Crippen molar-refractivity contribution in [2.24, 2.45) is 4.99 Å². The van der Waals surface area contributed by atoms with E-state index in [0.29, 0.717) is 0 Å². The molecule has 0 spiro atoms. The van der Waals surface area contributed by atoms with Crippen LogP contribution in [0, 0.1) is 0 Å². The number of nitrogens with one attached hydrogen (secondary N) is 3. The van der Waals surface area contributed by atoms with Crippen LogP contribution in [0.3, 0.4) is 0 Å². The molecule has 0 aliphatic rings. The molecule has 3 rings (SSSR count). The molecule has 6 nitrogen and oxygen atoms in total. The van der Waals surface area contributed by atoms with E-state index in [1.807, 2.05) is 30.3 Å². The Balaban J connectivity index is 1.36. The summed E-state index contributed by atoms with van der Waals surface area (Å²) in [5, 5.41) is 10.9. The lowest BCUT2D eigenvalue weighted by atomic mass is 10.3. The van der Waals surface area contributed by atoms with Crippen LogP contribution in [0.2, 0.25) is 0 Å². The molecule has 126 valence electrons. The molecule has 0 unspecified atom stereocenters. The van der Waals surface area contributed by atoms with Gasteiger partial charge in [-0.1, -0.05) is 23.5 Å². The zero-order valence-electron chi connectivity index (χ0n) is 13.7. The highest BCUT2D eigenvalue weighted by molar-refractivity contribution is 7.22. The Morgan fingerprint density at radius 3 is 2.67 bits per heavy atom. The number of anilines is 1. The van der Waals surface area contributed by atoms with E-state index < -0.39 is 0 Å². The van der Waals surface area contributed by atoms with Crippen molar-refractivity contribution in [1.29, 1.82) is 0 Å². The zero-order chi connectivity index (χ0) is 16.6. The molecule has 0 bridgehead atoms. The second-order valence-corrected chi connectivity index (χ2v) is 6.29. The number of benzene rings is 1. The van der Waals surface area contributed by atoms with Crippen LogP contribution in [0.25, 0.3) is 10.2 Å². The van der Waals surface area contributed by atoms with E-state index in [0.717, 1.165) is 42.8 Å². The maximum absolute atomic E-state index is 4.56. The van der Waals surface area contributed by atoms with Gasteiger partial charge in [0.15, 0.2) is 11.1 Å². The number of guanidine groups is 1. The van der Waals surface area contributed by atoms with Gasteiger partial charge in [0, 0.05) is 45.6 Å². The van der Waals surface area contributed by atoms with Crippen LogP contribution in [-0.4, -0.2) is 42.2 Å². The Morgan fingerprint density at radius 1 is 1.08 bits per heavy atom. The molecule has 0 fully saturated rings. The first-order valence-corrected chi connectivity index (χ1v) is 8.81. The maximum atomic E-state index is 4.56. The van der Waals surface area contributed by atoms with Gasteiger partial charge in [0.1, 0.15) is 0 Å². The van der Waals surface area contributed by atoms with E-state index in [2.05, 4.69) is 49.0 Å². The smallest absolute Gasteiger partial charge is 0.191 e. The van der Waals surface area contributed by atoms with Crippen molar-refractivity contribution in [2.45, 2.75) is 6.54 Å². The quantitative estimate of drug-likeness (QED) is 0.350. The average molecular weight is 342 g/mol. The molecule has 2 heterocycles. The molecule has 2 aromatic heterocycles. The highest BCUT2D eigenvalue weighted by Crippen LogP contribution is 2.24.